The Bertz CT molecular complexity index is 183. The van der Waals surface area contributed by atoms with Crippen LogP contribution in [0.3, 0.4) is 0 Å². The van der Waals surface area contributed by atoms with E-state index in [0.717, 1.165) is 0 Å². The number of likely N-dealkylation sites (N-methyl/N-ethyl adjacent to an activating group) is 2. The molecule has 0 unspecified atom stereocenters. The lowest BCUT2D eigenvalue weighted by Crippen LogP contribution is -2.35. The normalized spacial score (nSPS) is 38.2. The Morgan fingerprint density at radius 2 is 1.25 bits per heavy atom. The van der Waals surface area contributed by atoms with Crippen molar-refractivity contribution >= 4 is 0 Å². The minimum absolute atomic E-state index is 0. The Morgan fingerprint density at radius 3 is 1.38 bits per heavy atom. The molecule has 4 atom stereocenters. The molecule has 0 spiro atoms. The van der Waals surface area contributed by atoms with Crippen molar-refractivity contribution in [2.24, 2.45) is 0 Å². The van der Waals surface area contributed by atoms with E-state index in [1.54, 1.807) is 0 Å². The smallest absolute Gasteiger partial charge is 0.0948 e. The van der Waals surface area contributed by atoms with E-state index in [9.17, 15) is 0 Å². The van der Waals surface area contributed by atoms with Crippen molar-refractivity contribution in [1.82, 2.24) is 10.6 Å². The van der Waals surface area contributed by atoms with Crippen molar-refractivity contribution in [3.05, 3.63) is 0 Å². The predicted octanol–water partition coefficient (Wildman–Crippen LogP) is -1.58. The Labute approximate surface area is 98.9 Å². The molecule has 16 heavy (non-hydrogen) atoms. The van der Waals surface area contributed by atoms with Crippen LogP contribution < -0.4 is 10.6 Å². The first kappa shape index (κ1) is 13.8. The van der Waals surface area contributed by atoms with Crippen molar-refractivity contribution in [3.8, 4) is 0 Å². The molecule has 6 nitrogen and oxygen atoms in total. The van der Waals surface area contributed by atoms with Gasteiger partial charge in [-0.2, -0.15) is 0 Å². The van der Waals surface area contributed by atoms with E-state index in [1.807, 2.05) is 14.1 Å². The highest BCUT2D eigenvalue weighted by molar-refractivity contribution is 4.79. The molecule has 2 saturated heterocycles. The van der Waals surface area contributed by atoms with Gasteiger partial charge in [-0.1, -0.05) is 0 Å². The number of aliphatic hydroxyl groups is 2. The molecule has 0 aromatic heterocycles. The highest BCUT2D eigenvalue weighted by Gasteiger charge is 2.24. The third-order valence-corrected chi connectivity index (χ3v) is 2.84. The molecule has 2 fully saturated rings. The summed E-state index contributed by atoms with van der Waals surface area (Å²) < 4.78 is 9.90. The first-order valence-corrected chi connectivity index (χ1v) is 5.55. The molecule has 2 aliphatic rings. The van der Waals surface area contributed by atoms with Gasteiger partial charge in [-0.25, -0.2) is 0 Å². The summed E-state index contributed by atoms with van der Waals surface area (Å²) in [7, 11) is 3.64. The second-order valence-corrected chi connectivity index (χ2v) is 4.00. The van der Waals surface area contributed by atoms with Crippen LogP contribution in [-0.4, -0.2) is 75.0 Å². The van der Waals surface area contributed by atoms with Crippen LogP contribution in [0.15, 0.2) is 0 Å². The monoisotopic (exact) mass is 238 g/mol. The highest BCUT2D eigenvalue weighted by Crippen LogP contribution is 2.03. The molecule has 4 N–H and O–H groups in total. The fraction of sp³-hybridized carbons (Fsp3) is 1.00. The largest absolute Gasteiger partial charge is 0.389 e. The second-order valence-electron chi connectivity index (χ2n) is 4.00. The van der Waals surface area contributed by atoms with Gasteiger partial charge in [0.15, 0.2) is 0 Å². The summed E-state index contributed by atoms with van der Waals surface area (Å²) in [5.41, 5.74) is 0. The third-order valence-electron chi connectivity index (χ3n) is 2.84. The van der Waals surface area contributed by atoms with Crippen molar-refractivity contribution in [1.29, 1.82) is 0 Å². The molecule has 2 aliphatic heterocycles. The summed E-state index contributed by atoms with van der Waals surface area (Å²) >= 11 is 0. The molecule has 2 rings (SSSR count). The predicted molar refractivity (Wildman–Crippen MR) is 63.6 cm³/mol. The van der Waals surface area contributed by atoms with E-state index in [4.69, 9.17) is 19.7 Å². The molecule has 100 valence electrons. The molecule has 0 amide bonds. The van der Waals surface area contributed by atoms with Gasteiger partial charge in [-0.3, -0.25) is 0 Å². The standard InChI is InChI=1S/2C5H11NO2.2H2/c2*1-6-4-2-8-3-5(4)7;;/h2*4-7H,2-3H2,1H3;2*1H/t4-,5+;4-,5-;;/m00../s1. The summed E-state index contributed by atoms with van der Waals surface area (Å²) in [6.07, 6.45) is -0.611. The fourth-order valence-corrected chi connectivity index (χ4v) is 1.64. The van der Waals surface area contributed by atoms with E-state index >= 15 is 0 Å². The summed E-state index contributed by atoms with van der Waals surface area (Å²) in [6, 6.07) is 0.296. The van der Waals surface area contributed by atoms with Crippen LogP contribution in [0.4, 0.5) is 0 Å². The Morgan fingerprint density at radius 1 is 0.875 bits per heavy atom. The van der Waals surface area contributed by atoms with Gasteiger partial charge in [-0.05, 0) is 14.1 Å². The Hall–Kier alpha value is -0.240. The molecule has 0 aromatic carbocycles. The maximum atomic E-state index is 9.00. The van der Waals surface area contributed by atoms with Gasteiger partial charge in [0, 0.05) is 2.85 Å². The first-order valence-electron chi connectivity index (χ1n) is 5.55. The highest BCUT2D eigenvalue weighted by atomic mass is 16.5. The number of aliphatic hydroxyl groups excluding tert-OH is 2. The molecule has 0 radical (unpaired) electrons. The van der Waals surface area contributed by atoms with Crippen molar-refractivity contribution in [2.45, 2.75) is 24.3 Å². The number of hydrogen-bond donors (Lipinski definition) is 4. The Kier molecular flexibility index (Phi) is 6.18. The van der Waals surface area contributed by atoms with Gasteiger partial charge in [0.1, 0.15) is 0 Å². The van der Waals surface area contributed by atoms with Gasteiger partial charge >= 0.3 is 0 Å². The van der Waals surface area contributed by atoms with Gasteiger partial charge in [0.05, 0.1) is 50.7 Å². The van der Waals surface area contributed by atoms with E-state index in [1.165, 1.54) is 0 Å². The molecule has 2 heterocycles. The molecule has 6 heteroatoms. The topological polar surface area (TPSA) is 83.0 Å². The van der Waals surface area contributed by atoms with Crippen LogP contribution in [0.1, 0.15) is 2.85 Å². The number of ether oxygens (including phenoxy) is 2. The number of nitrogens with one attached hydrogen (secondary N) is 2. The van der Waals surface area contributed by atoms with Crippen LogP contribution >= 0.6 is 0 Å². The fourth-order valence-electron chi connectivity index (χ4n) is 1.64. The zero-order valence-electron chi connectivity index (χ0n) is 9.85. The zero-order chi connectivity index (χ0) is 12.0. The zero-order valence-corrected chi connectivity index (χ0v) is 9.85. The molecular formula is C10H26N2O4. The first-order chi connectivity index (χ1) is 7.69. The minimum Gasteiger partial charge on any atom is -0.389 e. The van der Waals surface area contributed by atoms with Crippen LogP contribution in [-0.2, 0) is 9.47 Å². The lowest BCUT2D eigenvalue weighted by atomic mass is 10.2. The van der Waals surface area contributed by atoms with Crippen LogP contribution in [0.25, 0.3) is 0 Å². The van der Waals surface area contributed by atoms with E-state index in [0.29, 0.717) is 26.4 Å². The summed E-state index contributed by atoms with van der Waals surface area (Å²) in [5.74, 6) is 0. The lowest BCUT2D eigenvalue weighted by Gasteiger charge is -2.08. The van der Waals surface area contributed by atoms with E-state index in [2.05, 4.69) is 10.6 Å². The average molecular weight is 238 g/mol. The van der Waals surface area contributed by atoms with Gasteiger partial charge in [0.25, 0.3) is 0 Å². The van der Waals surface area contributed by atoms with Gasteiger partial charge < -0.3 is 30.3 Å². The summed E-state index contributed by atoms with van der Waals surface area (Å²) in [5, 5.41) is 23.9. The molecule has 0 aromatic rings. The van der Waals surface area contributed by atoms with Crippen molar-refractivity contribution in [2.75, 3.05) is 40.5 Å². The lowest BCUT2D eigenvalue weighted by molar-refractivity contribution is 0.123. The SMILES string of the molecule is CN[C@H]1COC[C@@H]1O.CN[C@H]1COC[C@H]1O.[HH].[HH]. The van der Waals surface area contributed by atoms with Gasteiger partial charge in [-0.15, -0.1) is 0 Å². The van der Waals surface area contributed by atoms with Crippen LogP contribution in [0.5, 0.6) is 0 Å². The van der Waals surface area contributed by atoms with Crippen LogP contribution in [0, 0.1) is 0 Å². The minimum atomic E-state index is -0.306. The van der Waals surface area contributed by atoms with Crippen molar-refractivity contribution in [3.63, 3.8) is 0 Å². The molecule has 0 aliphatic carbocycles. The maximum Gasteiger partial charge on any atom is 0.0948 e. The summed E-state index contributed by atoms with van der Waals surface area (Å²) in [6.45, 7) is 2.23. The third kappa shape index (κ3) is 3.97. The molecule has 0 saturated carbocycles. The van der Waals surface area contributed by atoms with Crippen molar-refractivity contribution < 1.29 is 22.5 Å². The number of hydrogen-bond acceptors (Lipinski definition) is 6. The second kappa shape index (κ2) is 7.16. The number of rotatable bonds is 2. The maximum absolute atomic E-state index is 9.00. The van der Waals surface area contributed by atoms with E-state index in [-0.39, 0.29) is 27.1 Å². The molecule has 0 bridgehead atoms. The van der Waals surface area contributed by atoms with Gasteiger partial charge in [0.2, 0.25) is 0 Å². The quantitative estimate of drug-likeness (QED) is 0.465. The summed E-state index contributed by atoms with van der Waals surface area (Å²) in [4.78, 5) is 0. The Balaban J connectivity index is 0. The molecular weight excluding hydrogens is 212 g/mol. The van der Waals surface area contributed by atoms with E-state index < -0.39 is 0 Å². The average Bonchev–Trinajstić information content (AvgIpc) is 2.87. The van der Waals surface area contributed by atoms with Crippen LogP contribution in [0.2, 0.25) is 0 Å².